The fourth-order valence-corrected chi connectivity index (χ4v) is 2.80. The van der Waals surface area contributed by atoms with Gasteiger partial charge in [-0.25, -0.2) is 0 Å². The van der Waals surface area contributed by atoms with Gasteiger partial charge in [0.2, 0.25) is 0 Å². The van der Waals surface area contributed by atoms with Gasteiger partial charge in [-0.15, -0.1) is 0 Å². The van der Waals surface area contributed by atoms with Crippen LogP contribution in [0.15, 0.2) is 59.5 Å². The van der Waals surface area contributed by atoms with E-state index in [0.29, 0.717) is 6.61 Å². The van der Waals surface area contributed by atoms with E-state index >= 15 is 0 Å². The van der Waals surface area contributed by atoms with Crippen LogP contribution >= 0.6 is 0 Å². The fraction of sp³-hybridized carbons (Fsp3) is 0.294. The van der Waals surface area contributed by atoms with E-state index in [1.807, 2.05) is 37.3 Å². The molecule has 0 heterocycles. The highest BCUT2D eigenvalue weighted by Gasteiger charge is 2.16. The van der Waals surface area contributed by atoms with E-state index in [-0.39, 0.29) is 17.6 Å². The molecule has 0 bridgehead atoms. The molecule has 0 amide bonds. The van der Waals surface area contributed by atoms with E-state index in [1.54, 1.807) is 31.2 Å². The summed E-state index contributed by atoms with van der Waals surface area (Å²) in [6, 6.07) is 16.3. The molecule has 0 aliphatic carbocycles. The first kappa shape index (κ1) is 16.7. The minimum absolute atomic E-state index is 0.0109. The second kappa shape index (κ2) is 7.54. The van der Waals surface area contributed by atoms with Crippen LogP contribution in [0.5, 0.6) is 0 Å². The van der Waals surface area contributed by atoms with E-state index in [2.05, 4.69) is 0 Å². The summed E-state index contributed by atoms with van der Waals surface area (Å²) in [5.74, 6) is 0. The Morgan fingerprint density at radius 1 is 1.00 bits per heavy atom. The summed E-state index contributed by atoms with van der Waals surface area (Å²) in [5.41, 5.74) is 2.04. The van der Waals surface area contributed by atoms with E-state index in [1.165, 1.54) is 0 Å². The Bertz CT molecular complexity index is 678. The smallest absolute Gasteiger partial charge is 0.297 e. The Morgan fingerprint density at radius 2 is 1.64 bits per heavy atom. The van der Waals surface area contributed by atoms with Gasteiger partial charge in [0.1, 0.15) is 0 Å². The molecule has 0 aliphatic rings. The van der Waals surface area contributed by atoms with Crippen molar-refractivity contribution in [2.75, 3.05) is 6.61 Å². The summed E-state index contributed by atoms with van der Waals surface area (Å²) in [4.78, 5) is 0.161. The summed E-state index contributed by atoms with van der Waals surface area (Å²) in [5, 5.41) is 0. The van der Waals surface area contributed by atoms with Gasteiger partial charge in [0.15, 0.2) is 0 Å². The van der Waals surface area contributed by atoms with Gasteiger partial charge < -0.3 is 4.74 Å². The van der Waals surface area contributed by atoms with E-state index in [4.69, 9.17) is 8.92 Å². The lowest BCUT2D eigenvalue weighted by Gasteiger charge is -2.13. The van der Waals surface area contributed by atoms with Crippen molar-refractivity contribution in [1.29, 1.82) is 0 Å². The minimum atomic E-state index is -3.74. The van der Waals surface area contributed by atoms with Gasteiger partial charge in [0.25, 0.3) is 10.1 Å². The van der Waals surface area contributed by atoms with E-state index < -0.39 is 10.1 Å². The molecule has 2 aromatic carbocycles. The van der Waals surface area contributed by atoms with Crippen molar-refractivity contribution in [2.45, 2.75) is 31.5 Å². The standard InChI is InChI=1S/C17H20O4S/c1-14-8-10-17(11-9-14)22(18,19)21-12-15(2)20-13-16-6-4-3-5-7-16/h3-11,15H,12-13H2,1-2H3/t15-/m0/s1. The van der Waals surface area contributed by atoms with Crippen LogP contribution < -0.4 is 0 Å². The maximum Gasteiger partial charge on any atom is 0.297 e. The lowest BCUT2D eigenvalue weighted by Crippen LogP contribution is -2.19. The molecule has 1 atom stereocenters. The molecule has 4 nitrogen and oxygen atoms in total. The topological polar surface area (TPSA) is 52.6 Å². The molecule has 0 saturated heterocycles. The first-order valence-electron chi connectivity index (χ1n) is 7.09. The van der Waals surface area contributed by atoms with E-state index in [9.17, 15) is 8.42 Å². The third kappa shape index (κ3) is 4.94. The van der Waals surface area contributed by atoms with Gasteiger partial charge in [-0.3, -0.25) is 4.18 Å². The maximum atomic E-state index is 12.0. The van der Waals surface area contributed by atoms with Crippen molar-refractivity contribution in [3.05, 3.63) is 65.7 Å². The molecule has 5 heteroatoms. The number of aryl methyl sites for hydroxylation is 1. The number of hydrogen-bond donors (Lipinski definition) is 0. The van der Waals surface area contributed by atoms with Crippen LogP contribution in [0.25, 0.3) is 0 Å². The average molecular weight is 320 g/mol. The lowest BCUT2D eigenvalue weighted by molar-refractivity contribution is 0.0229. The van der Waals surface area contributed by atoms with Gasteiger partial charge in [-0.05, 0) is 31.5 Å². The SMILES string of the molecule is Cc1ccc(S(=O)(=O)OC[C@H](C)OCc2ccccc2)cc1. The molecule has 22 heavy (non-hydrogen) atoms. The van der Waals surface area contributed by atoms with Crippen molar-refractivity contribution in [2.24, 2.45) is 0 Å². The molecule has 0 fully saturated rings. The van der Waals surface area contributed by atoms with Crippen LogP contribution in [0.2, 0.25) is 0 Å². The van der Waals surface area contributed by atoms with Gasteiger partial charge in [-0.1, -0.05) is 48.0 Å². The minimum Gasteiger partial charge on any atom is -0.371 e. The molecule has 0 aliphatic heterocycles. The Labute approximate surface area is 131 Å². The highest BCUT2D eigenvalue weighted by Crippen LogP contribution is 2.14. The predicted molar refractivity (Wildman–Crippen MR) is 85.0 cm³/mol. The summed E-state index contributed by atoms with van der Waals surface area (Å²) in [7, 11) is -3.74. The zero-order valence-corrected chi connectivity index (χ0v) is 13.5. The molecule has 0 radical (unpaired) electrons. The Kier molecular flexibility index (Phi) is 5.71. The molecule has 2 aromatic rings. The quantitative estimate of drug-likeness (QED) is 0.735. The molecular formula is C17H20O4S. The fourth-order valence-electron chi connectivity index (χ4n) is 1.82. The van der Waals surface area contributed by atoms with Crippen molar-refractivity contribution >= 4 is 10.1 Å². The number of rotatable bonds is 7. The molecule has 118 valence electrons. The second-order valence-electron chi connectivity index (χ2n) is 5.16. The Morgan fingerprint density at radius 3 is 2.27 bits per heavy atom. The number of benzene rings is 2. The summed E-state index contributed by atoms with van der Waals surface area (Å²) in [6.07, 6.45) is -0.319. The van der Waals surface area contributed by atoms with Crippen LogP contribution in [0.4, 0.5) is 0 Å². The van der Waals surface area contributed by atoms with Gasteiger partial charge in [0.05, 0.1) is 24.2 Å². The van der Waals surface area contributed by atoms with Crippen molar-refractivity contribution in [1.82, 2.24) is 0 Å². The molecule has 0 spiro atoms. The summed E-state index contributed by atoms with van der Waals surface area (Å²) < 4.78 is 34.7. The maximum absolute atomic E-state index is 12.0. The Hall–Kier alpha value is -1.69. The van der Waals surface area contributed by atoms with Gasteiger partial charge in [-0.2, -0.15) is 8.42 Å². The molecule has 2 rings (SSSR count). The van der Waals surface area contributed by atoms with Crippen LogP contribution in [-0.4, -0.2) is 21.1 Å². The van der Waals surface area contributed by atoms with Crippen LogP contribution in [0, 0.1) is 6.92 Å². The third-order valence-corrected chi connectivity index (χ3v) is 4.44. The molecule has 0 aromatic heterocycles. The van der Waals surface area contributed by atoms with Crippen molar-refractivity contribution in [3.8, 4) is 0 Å². The lowest BCUT2D eigenvalue weighted by atomic mass is 10.2. The monoisotopic (exact) mass is 320 g/mol. The molecular weight excluding hydrogens is 300 g/mol. The molecule has 0 saturated carbocycles. The van der Waals surface area contributed by atoms with Crippen LogP contribution in [0.1, 0.15) is 18.1 Å². The predicted octanol–water partition coefficient (Wildman–Crippen LogP) is 3.31. The first-order valence-corrected chi connectivity index (χ1v) is 8.50. The van der Waals surface area contributed by atoms with Crippen LogP contribution in [0.3, 0.4) is 0 Å². The van der Waals surface area contributed by atoms with Crippen molar-refractivity contribution in [3.63, 3.8) is 0 Å². The normalized spacial score (nSPS) is 13.0. The van der Waals surface area contributed by atoms with Gasteiger partial charge >= 0.3 is 0 Å². The zero-order valence-electron chi connectivity index (χ0n) is 12.7. The Balaban J connectivity index is 1.85. The molecule has 0 unspecified atom stereocenters. The van der Waals surface area contributed by atoms with E-state index in [0.717, 1.165) is 11.1 Å². The second-order valence-corrected chi connectivity index (χ2v) is 6.77. The zero-order chi connectivity index (χ0) is 16.0. The largest absolute Gasteiger partial charge is 0.371 e. The van der Waals surface area contributed by atoms with Gasteiger partial charge in [0, 0.05) is 0 Å². The average Bonchev–Trinajstić information content (AvgIpc) is 2.52. The van der Waals surface area contributed by atoms with Crippen LogP contribution in [-0.2, 0) is 25.6 Å². The number of hydrogen-bond acceptors (Lipinski definition) is 4. The number of ether oxygens (including phenoxy) is 1. The molecule has 0 N–H and O–H groups in total. The first-order chi connectivity index (χ1) is 10.5. The highest BCUT2D eigenvalue weighted by atomic mass is 32.2. The summed E-state index contributed by atoms with van der Waals surface area (Å²) >= 11 is 0. The highest BCUT2D eigenvalue weighted by molar-refractivity contribution is 7.86. The summed E-state index contributed by atoms with van der Waals surface area (Å²) in [6.45, 7) is 4.10. The third-order valence-electron chi connectivity index (χ3n) is 3.14. The van der Waals surface area contributed by atoms with Crippen molar-refractivity contribution < 1.29 is 17.3 Å².